The first-order valence-electron chi connectivity index (χ1n) is 7.88. The van der Waals surface area contributed by atoms with E-state index in [2.05, 4.69) is 5.32 Å². The third kappa shape index (κ3) is 3.88. The summed E-state index contributed by atoms with van der Waals surface area (Å²) in [5, 5.41) is 3.21. The molecule has 0 bridgehead atoms. The van der Waals surface area contributed by atoms with Crippen LogP contribution < -0.4 is 19.5 Å². The lowest BCUT2D eigenvalue weighted by molar-refractivity contribution is 0.0687. The molecule has 0 atom stereocenters. The number of nitrogens with one attached hydrogen (secondary N) is 1. The number of piperidine rings is 1. The largest absolute Gasteiger partial charge is 0.496 e. The number of nitrogens with zero attached hydrogens (tertiary/aromatic N) is 1. The number of carbonyl (C=O) groups excluding carboxylic acids is 1. The van der Waals surface area contributed by atoms with Crippen LogP contribution in [0.2, 0.25) is 0 Å². The van der Waals surface area contributed by atoms with Crippen molar-refractivity contribution in [3.05, 3.63) is 17.7 Å². The van der Waals surface area contributed by atoms with Gasteiger partial charge in [-0.3, -0.25) is 4.79 Å². The molecule has 1 saturated heterocycles. The number of carbonyl (C=O) groups is 1. The molecular weight excluding hydrogens is 296 g/mol. The first-order chi connectivity index (χ1) is 11.1. The van der Waals surface area contributed by atoms with E-state index in [1.54, 1.807) is 33.5 Å². The van der Waals surface area contributed by atoms with Gasteiger partial charge in [-0.1, -0.05) is 0 Å². The Bertz CT molecular complexity index is 540. The highest BCUT2D eigenvalue weighted by atomic mass is 16.5. The normalized spacial score (nSPS) is 15.4. The van der Waals surface area contributed by atoms with Crippen molar-refractivity contribution in [3.8, 4) is 17.2 Å². The molecule has 1 aliphatic rings. The summed E-state index contributed by atoms with van der Waals surface area (Å²) in [6.07, 6.45) is 2.03. The Labute approximate surface area is 137 Å². The molecule has 6 nitrogen and oxygen atoms in total. The first-order valence-corrected chi connectivity index (χ1v) is 7.88. The molecule has 23 heavy (non-hydrogen) atoms. The second kappa shape index (κ2) is 8.06. The summed E-state index contributed by atoms with van der Waals surface area (Å²) in [5.41, 5.74) is 0.511. The van der Waals surface area contributed by atoms with Gasteiger partial charge in [0.15, 0.2) is 11.5 Å². The van der Waals surface area contributed by atoms with E-state index in [1.807, 2.05) is 11.9 Å². The van der Waals surface area contributed by atoms with Gasteiger partial charge in [-0.2, -0.15) is 0 Å². The molecule has 0 aromatic heterocycles. The smallest absolute Gasteiger partial charge is 0.257 e. The standard InChI is InChI=1S/C17H26N2O4/c1-18-11-12-5-7-19(8-6-12)17(20)13-9-15(22-3)16(23-4)10-14(13)21-2/h9-10,12,18H,5-8,11H2,1-4H3. The quantitative estimate of drug-likeness (QED) is 0.865. The summed E-state index contributed by atoms with van der Waals surface area (Å²) in [4.78, 5) is 14.7. The Morgan fingerprint density at radius 1 is 1.09 bits per heavy atom. The summed E-state index contributed by atoms with van der Waals surface area (Å²) < 4.78 is 15.9. The highest BCUT2D eigenvalue weighted by Crippen LogP contribution is 2.35. The fourth-order valence-electron chi connectivity index (χ4n) is 3.00. The van der Waals surface area contributed by atoms with E-state index < -0.39 is 0 Å². The Hall–Kier alpha value is -1.95. The molecule has 6 heteroatoms. The van der Waals surface area contributed by atoms with Crippen molar-refractivity contribution in [1.29, 1.82) is 0 Å². The van der Waals surface area contributed by atoms with Crippen LogP contribution in [-0.2, 0) is 0 Å². The lowest BCUT2D eigenvalue weighted by atomic mass is 9.96. The maximum Gasteiger partial charge on any atom is 0.257 e. The van der Waals surface area contributed by atoms with Gasteiger partial charge in [0.2, 0.25) is 0 Å². The van der Waals surface area contributed by atoms with Gasteiger partial charge in [-0.25, -0.2) is 0 Å². The number of rotatable bonds is 6. The van der Waals surface area contributed by atoms with Gasteiger partial charge in [-0.15, -0.1) is 0 Å². The van der Waals surface area contributed by atoms with Crippen molar-refractivity contribution < 1.29 is 19.0 Å². The molecule has 1 aliphatic heterocycles. The average molecular weight is 322 g/mol. The minimum absolute atomic E-state index is 0.0225. The van der Waals surface area contributed by atoms with Crippen molar-refractivity contribution in [3.63, 3.8) is 0 Å². The maximum atomic E-state index is 12.8. The van der Waals surface area contributed by atoms with Crippen LogP contribution in [0.15, 0.2) is 12.1 Å². The Balaban J connectivity index is 2.19. The molecule has 0 aliphatic carbocycles. The van der Waals surface area contributed by atoms with Crippen molar-refractivity contribution in [2.75, 3.05) is 48.0 Å². The number of benzene rings is 1. The minimum Gasteiger partial charge on any atom is -0.496 e. The molecule has 0 spiro atoms. The third-order valence-electron chi connectivity index (χ3n) is 4.33. The van der Waals surface area contributed by atoms with E-state index in [9.17, 15) is 4.79 Å². The number of amides is 1. The fraction of sp³-hybridized carbons (Fsp3) is 0.588. The summed E-state index contributed by atoms with van der Waals surface area (Å²) in [6.45, 7) is 2.53. The second-order valence-electron chi connectivity index (χ2n) is 5.70. The van der Waals surface area contributed by atoms with Crippen LogP contribution in [0.1, 0.15) is 23.2 Å². The van der Waals surface area contributed by atoms with Gasteiger partial charge in [0, 0.05) is 25.2 Å². The Morgan fingerprint density at radius 2 is 1.65 bits per heavy atom. The number of ether oxygens (including phenoxy) is 3. The molecule has 1 N–H and O–H groups in total. The highest BCUT2D eigenvalue weighted by Gasteiger charge is 2.26. The van der Waals surface area contributed by atoms with E-state index >= 15 is 0 Å². The molecular formula is C17H26N2O4. The van der Waals surface area contributed by atoms with E-state index in [0.717, 1.165) is 32.5 Å². The van der Waals surface area contributed by atoms with Crippen LogP contribution in [0, 0.1) is 5.92 Å². The van der Waals surface area contributed by atoms with E-state index in [-0.39, 0.29) is 5.91 Å². The lowest BCUT2D eigenvalue weighted by Gasteiger charge is -2.32. The van der Waals surface area contributed by atoms with Crippen LogP contribution in [-0.4, -0.2) is 58.8 Å². The summed E-state index contributed by atoms with van der Waals surface area (Å²) in [7, 11) is 6.64. The van der Waals surface area contributed by atoms with Gasteiger partial charge >= 0.3 is 0 Å². The van der Waals surface area contributed by atoms with Gasteiger partial charge < -0.3 is 24.4 Å². The van der Waals surface area contributed by atoms with Crippen LogP contribution in [0.4, 0.5) is 0 Å². The zero-order chi connectivity index (χ0) is 16.8. The van der Waals surface area contributed by atoms with Crippen LogP contribution in [0.5, 0.6) is 17.2 Å². The Morgan fingerprint density at radius 3 is 2.17 bits per heavy atom. The monoisotopic (exact) mass is 322 g/mol. The van der Waals surface area contributed by atoms with Crippen molar-refractivity contribution in [2.24, 2.45) is 5.92 Å². The zero-order valence-electron chi connectivity index (χ0n) is 14.3. The molecule has 1 aromatic carbocycles. The topological polar surface area (TPSA) is 60.0 Å². The molecule has 1 amide bonds. The summed E-state index contributed by atoms with van der Waals surface area (Å²) in [5.74, 6) is 2.20. The van der Waals surface area contributed by atoms with E-state index in [1.165, 1.54) is 0 Å². The summed E-state index contributed by atoms with van der Waals surface area (Å²) >= 11 is 0. The van der Waals surface area contributed by atoms with E-state index in [4.69, 9.17) is 14.2 Å². The first kappa shape index (κ1) is 17.4. The van der Waals surface area contributed by atoms with Crippen molar-refractivity contribution in [1.82, 2.24) is 10.2 Å². The van der Waals surface area contributed by atoms with E-state index in [0.29, 0.717) is 28.7 Å². The highest BCUT2D eigenvalue weighted by molar-refractivity contribution is 5.98. The molecule has 1 aromatic rings. The Kier molecular flexibility index (Phi) is 6.10. The molecule has 2 rings (SSSR count). The second-order valence-corrected chi connectivity index (χ2v) is 5.70. The predicted molar refractivity (Wildman–Crippen MR) is 88.7 cm³/mol. The third-order valence-corrected chi connectivity index (χ3v) is 4.33. The van der Waals surface area contributed by atoms with Gasteiger partial charge in [0.1, 0.15) is 5.75 Å². The van der Waals surface area contributed by atoms with Crippen LogP contribution >= 0.6 is 0 Å². The SMILES string of the molecule is CNCC1CCN(C(=O)c2cc(OC)c(OC)cc2OC)CC1. The molecule has 0 radical (unpaired) electrons. The zero-order valence-corrected chi connectivity index (χ0v) is 14.3. The summed E-state index contributed by atoms with van der Waals surface area (Å²) in [6, 6.07) is 3.39. The number of methoxy groups -OCH3 is 3. The maximum absolute atomic E-state index is 12.8. The van der Waals surface area contributed by atoms with Crippen LogP contribution in [0.25, 0.3) is 0 Å². The number of likely N-dealkylation sites (tertiary alicyclic amines) is 1. The molecule has 0 unspecified atom stereocenters. The van der Waals surface area contributed by atoms with Gasteiger partial charge in [0.05, 0.1) is 26.9 Å². The average Bonchev–Trinajstić information content (AvgIpc) is 2.60. The number of hydrogen-bond donors (Lipinski definition) is 1. The van der Waals surface area contributed by atoms with Gasteiger partial charge in [0.25, 0.3) is 5.91 Å². The van der Waals surface area contributed by atoms with Crippen molar-refractivity contribution in [2.45, 2.75) is 12.8 Å². The van der Waals surface area contributed by atoms with Crippen LogP contribution in [0.3, 0.4) is 0 Å². The van der Waals surface area contributed by atoms with Crippen molar-refractivity contribution >= 4 is 5.91 Å². The minimum atomic E-state index is -0.0225. The number of hydrogen-bond acceptors (Lipinski definition) is 5. The molecule has 128 valence electrons. The lowest BCUT2D eigenvalue weighted by Crippen LogP contribution is -2.40. The molecule has 1 fully saturated rings. The van der Waals surface area contributed by atoms with Gasteiger partial charge in [-0.05, 0) is 32.4 Å². The molecule has 1 heterocycles. The predicted octanol–water partition coefficient (Wildman–Crippen LogP) is 1.78. The fourth-order valence-corrected chi connectivity index (χ4v) is 3.00. The molecule has 0 saturated carbocycles.